The van der Waals surface area contributed by atoms with E-state index in [1.54, 1.807) is 6.08 Å². The molecule has 0 aromatic rings. The van der Waals surface area contributed by atoms with Crippen molar-refractivity contribution in [1.29, 1.82) is 5.26 Å². The van der Waals surface area contributed by atoms with Gasteiger partial charge in [0.2, 0.25) is 0 Å². The zero-order chi connectivity index (χ0) is 12.6. The van der Waals surface area contributed by atoms with Crippen LogP contribution in [0.25, 0.3) is 0 Å². The van der Waals surface area contributed by atoms with Gasteiger partial charge in [0, 0.05) is 6.42 Å². The molecule has 4 nitrogen and oxygen atoms in total. The normalized spacial score (nSPS) is 14.4. The first kappa shape index (κ1) is 14.4. The summed E-state index contributed by atoms with van der Waals surface area (Å²) < 4.78 is 4.61. The number of aldehydes is 1. The van der Waals surface area contributed by atoms with Crippen LogP contribution in [0.1, 0.15) is 26.7 Å². The Hall–Kier alpha value is -1.63. The molecule has 0 rings (SSSR count). The van der Waals surface area contributed by atoms with Crippen LogP contribution in [0.5, 0.6) is 0 Å². The first-order chi connectivity index (χ1) is 7.52. The number of nitriles is 1. The van der Waals surface area contributed by atoms with Gasteiger partial charge in [-0.25, -0.2) is 4.79 Å². The number of carbonyl (C=O) groups excluding carboxylic acids is 2. The van der Waals surface area contributed by atoms with Gasteiger partial charge in [0.05, 0.1) is 13.2 Å². The quantitative estimate of drug-likeness (QED) is 0.391. The highest BCUT2D eigenvalue weighted by molar-refractivity contribution is 5.82. The molecule has 1 unspecified atom stereocenters. The maximum Gasteiger partial charge on any atom is 0.330 e. The maximum atomic E-state index is 11.6. The number of nitrogens with zero attached hydrogens (tertiary/aromatic N) is 1. The van der Waals surface area contributed by atoms with E-state index in [0.717, 1.165) is 0 Å². The molecule has 0 fully saturated rings. The van der Waals surface area contributed by atoms with Gasteiger partial charge < -0.3 is 9.53 Å². The monoisotopic (exact) mass is 223 g/mol. The summed E-state index contributed by atoms with van der Waals surface area (Å²) >= 11 is 0. The van der Waals surface area contributed by atoms with Gasteiger partial charge in [-0.2, -0.15) is 5.26 Å². The zero-order valence-electron chi connectivity index (χ0n) is 9.90. The summed E-state index contributed by atoms with van der Waals surface area (Å²) in [5, 5.41) is 9.10. The fraction of sp³-hybridized carbons (Fsp3) is 0.583. The Morgan fingerprint density at radius 2 is 2.19 bits per heavy atom. The first-order valence-corrected chi connectivity index (χ1v) is 5.15. The molecule has 0 heterocycles. The van der Waals surface area contributed by atoms with Crippen molar-refractivity contribution in [1.82, 2.24) is 0 Å². The van der Waals surface area contributed by atoms with Gasteiger partial charge in [-0.15, -0.1) is 0 Å². The highest BCUT2D eigenvalue weighted by Crippen LogP contribution is 2.27. The molecule has 0 N–H and O–H groups in total. The number of esters is 1. The topological polar surface area (TPSA) is 67.2 Å². The molecule has 1 atom stereocenters. The van der Waals surface area contributed by atoms with Gasteiger partial charge in [0.1, 0.15) is 6.29 Å². The molecule has 0 aliphatic heterocycles. The van der Waals surface area contributed by atoms with E-state index in [1.807, 2.05) is 19.9 Å². The Balaban J connectivity index is 5.04. The largest absolute Gasteiger partial charge is 0.468 e. The molecule has 16 heavy (non-hydrogen) atoms. The van der Waals surface area contributed by atoms with Gasteiger partial charge >= 0.3 is 5.97 Å². The van der Waals surface area contributed by atoms with Crippen molar-refractivity contribution in [3.05, 3.63) is 12.2 Å². The minimum absolute atomic E-state index is 0.156. The van der Waals surface area contributed by atoms with Gasteiger partial charge in [-0.1, -0.05) is 26.0 Å². The first-order valence-electron chi connectivity index (χ1n) is 5.15. The Bertz CT molecular complexity index is 315. The molecule has 4 heteroatoms. The predicted molar refractivity (Wildman–Crippen MR) is 59.3 cm³/mol. The predicted octanol–water partition coefficient (Wildman–Crippen LogP) is 1.86. The van der Waals surface area contributed by atoms with E-state index in [-0.39, 0.29) is 18.8 Å². The van der Waals surface area contributed by atoms with E-state index in [1.165, 1.54) is 13.2 Å². The molecule has 0 aromatic heterocycles. The van der Waals surface area contributed by atoms with Crippen LogP contribution in [0.4, 0.5) is 0 Å². The van der Waals surface area contributed by atoms with Crippen molar-refractivity contribution in [3.8, 4) is 6.07 Å². The number of methoxy groups -OCH3 is 1. The molecular formula is C12H17NO3. The van der Waals surface area contributed by atoms with Gasteiger partial charge in [0.25, 0.3) is 0 Å². The third-order valence-corrected chi connectivity index (χ3v) is 2.17. The van der Waals surface area contributed by atoms with Crippen LogP contribution in [-0.4, -0.2) is 19.4 Å². The number of hydrogen-bond acceptors (Lipinski definition) is 4. The Morgan fingerprint density at radius 1 is 1.56 bits per heavy atom. The highest BCUT2D eigenvalue weighted by atomic mass is 16.5. The molecule has 88 valence electrons. The molecule has 0 spiro atoms. The lowest BCUT2D eigenvalue weighted by Crippen LogP contribution is -2.29. The van der Waals surface area contributed by atoms with Crippen LogP contribution in [-0.2, 0) is 14.3 Å². The summed E-state index contributed by atoms with van der Waals surface area (Å²) in [5.41, 5.74) is -1.33. The second-order valence-electron chi connectivity index (χ2n) is 3.88. The summed E-state index contributed by atoms with van der Waals surface area (Å²) in [7, 11) is 1.23. The summed E-state index contributed by atoms with van der Waals surface area (Å²) in [6, 6.07) is 1.94. The standard InChI is InChI=1S/C12H17NO3/c1-10(2)5-7-12(9-13,6-4-8-14)11(15)16-3/h5,7-8,10H,4,6H2,1-3H3/b7-5+. The van der Waals surface area contributed by atoms with Gasteiger partial charge in [0.15, 0.2) is 5.41 Å². The smallest absolute Gasteiger partial charge is 0.330 e. The number of carbonyl (C=O) groups is 2. The molecule has 0 saturated carbocycles. The lowest BCUT2D eigenvalue weighted by molar-refractivity contribution is -0.147. The summed E-state index contributed by atoms with van der Waals surface area (Å²) in [5.74, 6) is -0.387. The minimum atomic E-state index is -1.33. The van der Waals surface area contributed by atoms with E-state index >= 15 is 0 Å². The average molecular weight is 223 g/mol. The third-order valence-electron chi connectivity index (χ3n) is 2.17. The average Bonchev–Trinajstić information content (AvgIpc) is 2.29. The number of allylic oxidation sites excluding steroid dienone is 1. The van der Waals surface area contributed by atoms with Crippen molar-refractivity contribution in [2.75, 3.05) is 7.11 Å². The van der Waals surface area contributed by atoms with Crippen LogP contribution >= 0.6 is 0 Å². The van der Waals surface area contributed by atoms with Crippen LogP contribution in [0.3, 0.4) is 0 Å². The highest BCUT2D eigenvalue weighted by Gasteiger charge is 2.36. The molecular weight excluding hydrogens is 206 g/mol. The van der Waals surface area contributed by atoms with Crippen molar-refractivity contribution in [2.45, 2.75) is 26.7 Å². The lowest BCUT2D eigenvalue weighted by atomic mass is 9.84. The Kier molecular flexibility index (Phi) is 6.09. The molecule has 0 saturated heterocycles. The van der Waals surface area contributed by atoms with E-state index in [9.17, 15) is 9.59 Å². The minimum Gasteiger partial charge on any atom is -0.468 e. The number of ether oxygens (including phenoxy) is 1. The lowest BCUT2D eigenvalue weighted by Gasteiger charge is -2.19. The fourth-order valence-corrected chi connectivity index (χ4v) is 1.22. The fourth-order valence-electron chi connectivity index (χ4n) is 1.22. The molecule has 0 amide bonds. The Morgan fingerprint density at radius 3 is 2.56 bits per heavy atom. The molecule has 0 radical (unpaired) electrons. The van der Waals surface area contributed by atoms with Crippen LogP contribution in [0, 0.1) is 22.7 Å². The molecule has 0 bridgehead atoms. The molecule has 0 aliphatic carbocycles. The van der Waals surface area contributed by atoms with Crippen molar-refractivity contribution in [3.63, 3.8) is 0 Å². The van der Waals surface area contributed by atoms with Gasteiger partial charge in [-0.3, -0.25) is 0 Å². The Labute approximate surface area is 95.9 Å². The molecule has 0 aliphatic rings. The second kappa shape index (κ2) is 6.78. The van der Waals surface area contributed by atoms with Crippen molar-refractivity contribution in [2.24, 2.45) is 11.3 Å². The number of rotatable bonds is 6. The third kappa shape index (κ3) is 3.85. The SMILES string of the molecule is COC(=O)C(C#N)(/C=C/C(C)C)CCC=O. The van der Waals surface area contributed by atoms with Crippen molar-refractivity contribution >= 4 is 12.3 Å². The summed E-state index contributed by atoms with van der Waals surface area (Å²) in [4.78, 5) is 21.9. The van der Waals surface area contributed by atoms with E-state index in [2.05, 4.69) is 4.74 Å². The van der Waals surface area contributed by atoms with Crippen LogP contribution < -0.4 is 0 Å². The zero-order valence-corrected chi connectivity index (χ0v) is 9.90. The summed E-state index contributed by atoms with van der Waals surface area (Å²) in [6.45, 7) is 3.88. The van der Waals surface area contributed by atoms with E-state index in [0.29, 0.717) is 6.29 Å². The van der Waals surface area contributed by atoms with Gasteiger partial charge in [-0.05, 0) is 12.3 Å². The molecule has 0 aromatic carbocycles. The second-order valence-corrected chi connectivity index (χ2v) is 3.88. The van der Waals surface area contributed by atoms with Crippen LogP contribution in [0.2, 0.25) is 0 Å². The van der Waals surface area contributed by atoms with E-state index in [4.69, 9.17) is 5.26 Å². The van der Waals surface area contributed by atoms with E-state index < -0.39 is 11.4 Å². The maximum absolute atomic E-state index is 11.6. The number of hydrogen-bond donors (Lipinski definition) is 0. The summed E-state index contributed by atoms with van der Waals surface area (Å²) in [6.07, 6.45) is 4.31. The van der Waals surface area contributed by atoms with Crippen LogP contribution in [0.15, 0.2) is 12.2 Å². The van der Waals surface area contributed by atoms with Crippen molar-refractivity contribution < 1.29 is 14.3 Å².